The molecule has 0 spiro atoms. The Kier molecular flexibility index (Phi) is 6.16. The molecule has 0 radical (unpaired) electrons. The van der Waals surface area contributed by atoms with Crippen LogP contribution in [0.25, 0.3) is 0 Å². The number of benzene rings is 2. The van der Waals surface area contributed by atoms with Crippen LogP contribution in [0.5, 0.6) is 11.5 Å². The van der Waals surface area contributed by atoms with Gasteiger partial charge >= 0.3 is 0 Å². The van der Waals surface area contributed by atoms with Crippen molar-refractivity contribution in [3.8, 4) is 11.5 Å². The van der Waals surface area contributed by atoms with E-state index >= 15 is 0 Å². The standard InChI is InChI=1S/C20H20ClN3O4/c1-12(20-23-13(2)24-28-20)22-19(25)14-8-9-17(18(10-14)26-3)27-11-15-6-4-5-7-16(15)21/h4-10,12H,11H2,1-3H3,(H,22,25). The molecule has 2 aromatic carbocycles. The van der Waals surface area contributed by atoms with Crippen molar-refractivity contribution in [1.29, 1.82) is 0 Å². The highest BCUT2D eigenvalue weighted by molar-refractivity contribution is 6.31. The van der Waals surface area contributed by atoms with Gasteiger partial charge in [0.05, 0.1) is 7.11 Å². The van der Waals surface area contributed by atoms with Gasteiger partial charge in [0.25, 0.3) is 5.91 Å². The highest BCUT2D eigenvalue weighted by Gasteiger charge is 2.18. The maximum absolute atomic E-state index is 12.5. The highest BCUT2D eigenvalue weighted by atomic mass is 35.5. The topological polar surface area (TPSA) is 86.5 Å². The molecule has 0 aliphatic heterocycles. The molecular weight excluding hydrogens is 382 g/mol. The maximum atomic E-state index is 12.5. The molecule has 0 bridgehead atoms. The second-order valence-electron chi connectivity index (χ2n) is 6.12. The van der Waals surface area contributed by atoms with Gasteiger partial charge in [-0.1, -0.05) is 35.0 Å². The van der Waals surface area contributed by atoms with E-state index in [1.54, 1.807) is 38.1 Å². The Bertz CT molecular complexity index is 974. The minimum absolute atomic E-state index is 0.287. The lowest BCUT2D eigenvalue weighted by molar-refractivity contribution is 0.0932. The quantitative estimate of drug-likeness (QED) is 0.641. The summed E-state index contributed by atoms with van der Waals surface area (Å²) >= 11 is 6.15. The van der Waals surface area contributed by atoms with E-state index in [4.69, 9.17) is 25.6 Å². The fraction of sp³-hybridized carbons (Fsp3) is 0.250. The Morgan fingerprint density at radius 1 is 1.25 bits per heavy atom. The SMILES string of the molecule is COc1cc(C(=O)NC(C)c2nc(C)no2)ccc1OCc1ccccc1Cl. The first-order chi connectivity index (χ1) is 13.5. The Hall–Kier alpha value is -3.06. The zero-order valence-electron chi connectivity index (χ0n) is 15.7. The average molecular weight is 402 g/mol. The van der Waals surface area contributed by atoms with Crippen LogP contribution >= 0.6 is 11.6 Å². The van der Waals surface area contributed by atoms with Gasteiger partial charge in [0.1, 0.15) is 12.6 Å². The van der Waals surface area contributed by atoms with Crippen LogP contribution in [0.3, 0.4) is 0 Å². The van der Waals surface area contributed by atoms with E-state index in [1.165, 1.54) is 7.11 Å². The molecule has 1 heterocycles. The number of carbonyl (C=O) groups is 1. The van der Waals surface area contributed by atoms with E-state index in [0.717, 1.165) is 5.56 Å². The second kappa shape index (κ2) is 8.75. The van der Waals surface area contributed by atoms with Crippen LogP contribution in [0, 0.1) is 6.92 Å². The Balaban J connectivity index is 1.69. The molecule has 3 aromatic rings. The number of aryl methyl sites for hydroxylation is 1. The zero-order chi connectivity index (χ0) is 20.1. The third-order valence-electron chi connectivity index (χ3n) is 4.03. The van der Waals surface area contributed by atoms with Gasteiger partial charge in [-0.25, -0.2) is 0 Å². The maximum Gasteiger partial charge on any atom is 0.252 e. The Morgan fingerprint density at radius 2 is 2.04 bits per heavy atom. The van der Waals surface area contributed by atoms with Crippen LogP contribution in [0.1, 0.15) is 40.6 Å². The molecule has 28 heavy (non-hydrogen) atoms. The van der Waals surface area contributed by atoms with E-state index < -0.39 is 6.04 Å². The van der Waals surface area contributed by atoms with Gasteiger partial charge < -0.3 is 19.3 Å². The van der Waals surface area contributed by atoms with Crippen LogP contribution in [0.15, 0.2) is 47.0 Å². The molecule has 7 nitrogen and oxygen atoms in total. The summed E-state index contributed by atoms with van der Waals surface area (Å²) in [5, 5.41) is 7.17. The Labute approximate surface area is 167 Å². The van der Waals surface area contributed by atoms with E-state index in [0.29, 0.717) is 33.8 Å². The number of rotatable bonds is 7. The zero-order valence-corrected chi connectivity index (χ0v) is 16.5. The number of halogens is 1. The molecule has 1 unspecified atom stereocenters. The first-order valence-electron chi connectivity index (χ1n) is 8.63. The van der Waals surface area contributed by atoms with E-state index in [1.807, 2.05) is 18.2 Å². The minimum Gasteiger partial charge on any atom is -0.493 e. The van der Waals surface area contributed by atoms with Crippen molar-refractivity contribution in [2.24, 2.45) is 0 Å². The van der Waals surface area contributed by atoms with Crippen LogP contribution in [-0.4, -0.2) is 23.2 Å². The number of aromatic nitrogens is 2. The first kappa shape index (κ1) is 19.7. The van der Waals surface area contributed by atoms with Crippen LogP contribution in [-0.2, 0) is 6.61 Å². The summed E-state index contributed by atoms with van der Waals surface area (Å²) in [6, 6.07) is 12.0. The van der Waals surface area contributed by atoms with E-state index in [-0.39, 0.29) is 12.5 Å². The number of ether oxygens (including phenoxy) is 2. The fourth-order valence-electron chi connectivity index (χ4n) is 2.53. The normalized spacial score (nSPS) is 11.7. The fourth-order valence-corrected chi connectivity index (χ4v) is 2.72. The lowest BCUT2D eigenvalue weighted by Gasteiger charge is -2.14. The smallest absolute Gasteiger partial charge is 0.252 e. The molecular formula is C20H20ClN3O4. The summed E-state index contributed by atoms with van der Waals surface area (Å²) in [7, 11) is 1.52. The molecule has 1 aromatic heterocycles. The molecule has 3 rings (SSSR count). The van der Waals surface area contributed by atoms with Crippen LogP contribution in [0.4, 0.5) is 0 Å². The van der Waals surface area contributed by atoms with Gasteiger partial charge in [-0.15, -0.1) is 0 Å². The molecule has 1 N–H and O–H groups in total. The van der Waals surface area contributed by atoms with E-state index in [9.17, 15) is 4.79 Å². The third-order valence-corrected chi connectivity index (χ3v) is 4.40. The highest BCUT2D eigenvalue weighted by Crippen LogP contribution is 2.30. The molecule has 1 atom stereocenters. The predicted octanol–water partition coefficient (Wildman–Crippen LogP) is 4.11. The van der Waals surface area contributed by atoms with Gasteiger partial charge in [-0.2, -0.15) is 4.98 Å². The second-order valence-corrected chi connectivity index (χ2v) is 6.53. The largest absolute Gasteiger partial charge is 0.493 e. The van der Waals surface area contributed by atoms with Gasteiger partial charge in [-0.05, 0) is 38.1 Å². The summed E-state index contributed by atoms with van der Waals surface area (Å²) in [6.07, 6.45) is 0. The van der Waals surface area contributed by atoms with Crippen LogP contribution < -0.4 is 14.8 Å². The lowest BCUT2D eigenvalue weighted by atomic mass is 10.1. The van der Waals surface area contributed by atoms with Crippen molar-refractivity contribution in [2.45, 2.75) is 26.5 Å². The summed E-state index contributed by atoms with van der Waals surface area (Å²) in [4.78, 5) is 16.6. The van der Waals surface area contributed by atoms with Crippen molar-refractivity contribution in [1.82, 2.24) is 15.5 Å². The average Bonchev–Trinajstić information content (AvgIpc) is 3.13. The monoisotopic (exact) mass is 401 g/mol. The van der Waals surface area contributed by atoms with Crippen LogP contribution in [0.2, 0.25) is 5.02 Å². The number of nitrogens with one attached hydrogen (secondary N) is 1. The summed E-state index contributed by atoms with van der Waals surface area (Å²) in [5.41, 5.74) is 1.28. The molecule has 0 aliphatic carbocycles. The lowest BCUT2D eigenvalue weighted by Crippen LogP contribution is -2.26. The number of amides is 1. The van der Waals surface area contributed by atoms with Gasteiger partial charge in [0.15, 0.2) is 17.3 Å². The van der Waals surface area contributed by atoms with Crippen molar-refractivity contribution in [3.05, 3.63) is 70.3 Å². The summed E-state index contributed by atoms with van der Waals surface area (Å²) < 4.78 is 16.3. The van der Waals surface area contributed by atoms with E-state index in [2.05, 4.69) is 15.5 Å². The predicted molar refractivity (Wildman–Crippen MR) is 104 cm³/mol. The summed E-state index contributed by atoms with van der Waals surface area (Å²) in [5.74, 6) is 1.52. The first-order valence-corrected chi connectivity index (χ1v) is 9.01. The van der Waals surface area contributed by atoms with Gasteiger partial charge in [0, 0.05) is 16.1 Å². The number of nitrogens with zero attached hydrogens (tertiary/aromatic N) is 2. The number of hydrogen-bond donors (Lipinski definition) is 1. The number of carbonyl (C=O) groups excluding carboxylic acids is 1. The van der Waals surface area contributed by atoms with Crippen molar-refractivity contribution < 1.29 is 18.8 Å². The molecule has 0 aliphatic rings. The van der Waals surface area contributed by atoms with Gasteiger partial charge in [-0.3, -0.25) is 4.79 Å². The van der Waals surface area contributed by atoms with Crippen molar-refractivity contribution >= 4 is 17.5 Å². The van der Waals surface area contributed by atoms with Crippen molar-refractivity contribution in [3.63, 3.8) is 0 Å². The van der Waals surface area contributed by atoms with Crippen molar-refractivity contribution in [2.75, 3.05) is 7.11 Å². The molecule has 0 saturated heterocycles. The molecule has 8 heteroatoms. The summed E-state index contributed by atoms with van der Waals surface area (Å²) in [6.45, 7) is 3.77. The molecule has 0 fully saturated rings. The Morgan fingerprint density at radius 3 is 2.71 bits per heavy atom. The number of methoxy groups -OCH3 is 1. The third kappa shape index (κ3) is 4.61. The minimum atomic E-state index is -0.421. The number of hydrogen-bond acceptors (Lipinski definition) is 6. The molecule has 0 saturated carbocycles. The van der Waals surface area contributed by atoms with Gasteiger partial charge in [0.2, 0.25) is 5.89 Å². The molecule has 146 valence electrons. The molecule has 1 amide bonds.